The molecule has 0 saturated carbocycles. The molecule has 2 N–H and O–H groups in total. The van der Waals surface area contributed by atoms with E-state index in [0.717, 1.165) is 11.3 Å². The number of nitrogens with zero attached hydrogens (tertiary/aromatic N) is 4. The summed E-state index contributed by atoms with van der Waals surface area (Å²) in [5.41, 5.74) is 8.09. The average molecular weight is 302 g/mol. The molecule has 0 aliphatic carbocycles. The molecule has 21 heavy (non-hydrogen) atoms. The number of nitrogen functional groups attached to an aromatic ring is 1. The van der Waals surface area contributed by atoms with Crippen LogP contribution in [0.3, 0.4) is 0 Å². The van der Waals surface area contributed by atoms with Crippen LogP contribution in [-0.4, -0.2) is 27.3 Å². The molecule has 3 aromatic rings. The zero-order valence-corrected chi connectivity index (χ0v) is 11.9. The molecule has 0 radical (unpaired) electrons. The third-order valence-electron chi connectivity index (χ3n) is 3.05. The van der Waals surface area contributed by atoms with Gasteiger partial charge in [-0.2, -0.15) is 4.68 Å². The molecule has 0 saturated heterocycles. The molecule has 0 spiro atoms. The normalized spacial score (nSPS) is 10.6. The molecule has 0 atom stereocenters. The van der Waals surface area contributed by atoms with E-state index in [0.29, 0.717) is 22.3 Å². The second kappa shape index (κ2) is 5.41. The standard InChI is InChI=1S/C14H12ClN5O/c1-21-13-8-9(6-7-11(13)15)20-14(17-18-19-20)10-4-2-3-5-12(10)16/h2-8H,16H2,1H3. The predicted molar refractivity (Wildman–Crippen MR) is 80.6 cm³/mol. The summed E-state index contributed by atoms with van der Waals surface area (Å²) in [5.74, 6) is 1.11. The first-order valence-electron chi connectivity index (χ1n) is 6.18. The first kappa shape index (κ1) is 13.4. The molecule has 0 unspecified atom stereocenters. The van der Waals surface area contributed by atoms with Gasteiger partial charge in [0.15, 0.2) is 5.82 Å². The van der Waals surface area contributed by atoms with Crippen molar-refractivity contribution in [1.82, 2.24) is 20.2 Å². The number of aromatic nitrogens is 4. The van der Waals surface area contributed by atoms with Crippen LogP contribution in [0.1, 0.15) is 0 Å². The quantitative estimate of drug-likeness (QED) is 0.752. The van der Waals surface area contributed by atoms with Crippen LogP contribution in [0.2, 0.25) is 5.02 Å². The fraction of sp³-hybridized carbons (Fsp3) is 0.0714. The second-order valence-corrected chi connectivity index (χ2v) is 4.73. The summed E-state index contributed by atoms with van der Waals surface area (Å²) in [5, 5.41) is 12.3. The van der Waals surface area contributed by atoms with E-state index in [1.54, 1.807) is 30.0 Å². The van der Waals surface area contributed by atoms with Gasteiger partial charge in [-0.25, -0.2) is 0 Å². The maximum absolute atomic E-state index is 6.03. The van der Waals surface area contributed by atoms with E-state index in [1.807, 2.05) is 24.3 Å². The van der Waals surface area contributed by atoms with E-state index in [1.165, 1.54) is 0 Å². The summed E-state index contributed by atoms with van der Waals surface area (Å²) in [6.45, 7) is 0. The number of tetrazole rings is 1. The Balaban J connectivity index is 2.14. The van der Waals surface area contributed by atoms with Crippen molar-refractivity contribution in [3.63, 3.8) is 0 Å². The largest absolute Gasteiger partial charge is 0.495 e. The van der Waals surface area contributed by atoms with Gasteiger partial charge >= 0.3 is 0 Å². The molecule has 3 rings (SSSR count). The van der Waals surface area contributed by atoms with Crippen molar-refractivity contribution in [1.29, 1.82) is 0 Å². The fourth-order valence-corrected chi connectivity index (χ4v) is 2.20. The Hall–Kier alpha value is -2.60. The predicted octanol–water partition coefficient (Wildman–Crippen LogP) is 2.57. The number of ether oxygens (including phenoxy) is 1. The lowest BCUT2D eigenvalue weighted by Crippen LogP contribution is -2.02. The number of nitrogens with two attached hydrogens (primary N) is 1. The Morgan fingerprint density at radius 3 is 2.76 bits per heavy atom. The van der Waals surface area contributed by atoms with Gasteiger partial charge < -0.3 is 10.5 Å². The van der Waals surface area contributed by atoms with E-state index in [9.17, 15) is 0 Å². The topological polar surface area (TPSA) is 78.8 Å². The van der Waals surface area contributed by atoms with Crippen LogP contribution in [0.4, 0.5) is 5.69 Å². The number of hydrogen-bond donors (Lipinski definition) is 1. The summed E-state index contributed by atoms with van der Waals surface area (Å²) in [4.78, 5) is 0. The molecule has 1 heterocycles. The van der Waals surface area contributed by atoms with Crippen LogP contribution >= 0.6 is 11.6 Å². The van der Waals surface area contributed by atoms with E-state index < -0.39 is 0 Å². The van der Waals surface area contributed by atoms with Crippen molar-refractivity contribution in [3.8, 4) is 22.8 Å². The minimum atomic E-state index is 0.523. The number of hydrogen-bond acceptors (Lipinski definition) is 5. The lowest BCUT2D eigenvalue weighted by Gasteiger charge is -2.09. The van der Waals surface area contributed by atoms with Crippen molar-refractivity contribution in [3.05, 3.63) is 47.5 Å². The fourth-order valence-electron chi connectivity index (χ4n) is 2.01. The van der Waals surface area contributed by atoms with Crippen LogP contribution in [0.15, 0.2) is 42.5 Å². The van der Waals surface area contributed by atoms with Gasteiger partial charge in [-0.1, -0.05) is 23.7 Å². The molecular formula is C14H12ClN5O. The van der Waals surface area contributed by atoms with Crippen molar-refractivity contribution >= 4 is 17.3 Å². The molecule has 7 heteroatoms. The second-order valence-electron chi connectivity index (χ2n) is 4.32. The molecule has 0 bridgehead atoms. The highest BCUT2D eigenvalue weighted by atomic mass is 35.5. The molecule has 1 aromatic heterocycles. The lowest BCUT2D eigenvalue weighted by atomic mass is 10.1. The Labute approximate surface area is 126 Å². The minimum absolute atomic E-state index is 0.523. The molecule has 0 amide bonds. The van der Waals surface area contributed by atoms with Crippen LogP contribution in [0, 0.1) is 0 Å². The van der Waals surface area contributed by atoms with E-state index >= 15 is 0 Å². The first-order chi connectivity index (χ1) is 10.2. The number of rotatable bonds is 3. The van der Waals surface area contributed by atoms with Crippen molar-refractivity contribution < 1.29 is 4.74 Å². The van der Waals surface area contributed by atoms with E-state index in [-0.39, 0.29) is 0 Å². The van der Waals surface area contributed by atoms with Gasteiger partial charge in [0.2, 0.25) is 0 Å². The van der Waals surface area contributed by atoms with Crippen molar-refractivity contribution in [2.24, 2.45) is 0 Å². The van der Waals surface area contributed by atoms with E-state index in [4.69, 9.17) is 22.1 Å². The van der Waals surface area contributed by atoms with Crippen molar-refractivity contribution in [2.75, 3.05) is 12.8 Å². The number of anilines is 1. The Morgan fingerprint density at radius 2 is 2.00 bits per heavy atom. The van der Waals surface area contributed by atoms with Crippen LogP contribution in [0.25, 0.3) is 17.1 Å². The number of para-hydroxylation sites is 1. The van der Waals surface area contributed by atoms with Gasteiger partial charge in [-0.15, -0.1) is 5.10 Å². The maximum atomic E-state index is 6.03. The number of halogens is 1. The smallest absolute Gasteiger partial charge is 0.189 e. The molecule has 106 valence electrons. The minimum Gasteiger partial charge on any atom is -0.495 e. The third-order valence-corrected chi connectivity index (χ3v) is 3.36. The summed E-state index contributed by atoms with van der Waals surface area (Å²) in [6.07, 6.45) is 0. The SMILES string of the molecule is COc1cc(-n2nnnc2-c2ccccc2N)ccc1Cl. The van der Waals surface area contributed by atoms with Crippen molar-refractivity contribution in [2.45, 2.75) is 0 Å². The van der Waals surface area contributed by atoms with Gasteiger partial charge in [0.1, 0.15) is 5.75 Å². The van der Waals surface area contributed by atoms with E-state index in [2.05, 4.69) is 15.5 Å². The number of benzene rings is 2. The summed E-state index contributed by atoms with van der Waals surface area (Å²) >= 11 is 6.03. The summed E-state index contributed by atoms with van der Waals surface area (Å²) in [6, 6.07) is 12.7. The first-order valence-corrected chi connectivity index (χ1v) is 6.55. The molecule has 0 aliphatic heterocycles. The molecule has 0 fully saturated rings. The van der Waals surface area contributed by atoms with Gasteiger partial charge in [-0.05, 0) is 34.7 Å². The molecule has 2 aromatic carbocycles. The third kappa shape index (κ3) is 2.41. The monoisotopic (exact) mass is 301 g/mol. The van der Waals surface area contributed by atoms with Gasteiger partial charge in [0, 0.05) is 17.3 Å². The van der Waals surface area contributed by atoms with Crippen LogP contribution in [0.5, 0.6) is 5.75 Å². The van der Waals surface area contributed by atoms with Gasteiger partial charge in [0.25, 0.3) is 0 Å². The number of methoxy groups -OCH3 is 1. The van der Waals surface area contributed by atoms with Crippen LogP contribution < -0.4 is 10.5 Å². The van der Waals surface area contributed by atoms with Gasteiger partial charge in [-0.3, -0.25) is 0 Å². The molecule has 6 nitrogen and oxygen atoms in total. The Bertz CT molecular complexity index is 787. The Morgan fingerprint density at radius 1 is 1.19 bits per heavy atom. The lowest BCUT2D eigenvalue weighted by molar-refractivity contribution is 0.414. The Kier molecular flexibility index (Phi) is 3.45. The van der Waals surface area contributed by atoms with Gasteiger partial charge in [0.05, 0.1) is 17.8 Å². The maximum Gasteiger partial charge on any atom is 0.189 e. The molecular weight excluding hydrogens is 290 g/mol. The average Bonchev–Trinajstić information content (AvgIpc) is 2.97. The zero-order valence-electron chi connectivity index (χ0n) is 11.2. The highest BCUT2D eigenvalue weighted by Crippen LogP contribution is 2.29. The molecule has 0 aliphatic rings. The summed E-state index contributed by atoms with van der Waals surface area (Å²) in [7, 11) is 1.56. The highest BCUT2D eigenvalue weighted by Gasteiger charge is 2.14. The summed E-state index contributed by atoms with van der Waals surface area (Å²) < 4.78 is 6.80. The highest BCUT2D eigenvalue weighted by molar-refractivity contribution is 6.32. The van der Waals surface area contributed by atoms with Crippen LogP contribution in [-0.2, 0) is 0 Å². The zero-order chi connectivity index (χ0) is 14.8.